The highest BCUT2D eigenvalue weighted by atomic mass is 127. The summed E-state index contributed by atoms with van der Waals surface area (Å²) in [4.78, 5) is 16.6. The number of carbonyl (C=O) groups is 1. The molecule has 0 fully saturated rings. The number of nitrogens with zero attached hydrogens (tertiary/aromatic N) is 1. The van der Waals surface area contributed by atoms with Gasteiger partial charge in [-0.15, -0.1) is 0 Å². The van der Waals surface area contributed by atoms with E-state index in [1.807, 2.05) is 48.5 Å². The van der Waals surface area contributed by atoms with Crippen LogP contribution in [0.1, 0.15) is 10.5 Å². The van der Waals surface area contributed by atoms with Gasteiger partial charge in [0.05, 0.1) is 5.52 Å². The van der Waals surface area contributed by atoms with Crippen molar-refractivity contribution in [3.63, 3.8) is 0 Å². The van der Waals surface area contributed by atoms with Crippen molar-refractivity contribution in [3.8, 4) is 0 Å². The number of carbonyl (C=O) groups excluding carboxylic acids is 1. The van der Waals surface area contributed by atoms with Gasteiger partial charge in [0.15, 0.2) is 0 Å². The summed E-state index contributed by atoms with van der Waals surface area (Å²) in [5, 5.41) is 3.67. The summed E-state index contributed by atoms with van der Waals surface area (Å²) in [5.41, 5.74) is 8.29. The summed E-state index contributed by atoms with van der Waals surface area (Å²) in [6, 6.07) is 16.7. The number of hydrogen-bond donors (Lipinski definition) is 2. The predicted octanol–water partition coefficient (Wildman–Crippen LogP) is 3.67. The fraction of sp³-hybridized carbons (Fsp3) is 0. The van der Waals surface area contributed by atoms with Gasteiger partial charge < -0.3 is 11.1 Å². The Morgan fingerprint density at radius 3 is 2.57 bits per heavy atom. The average Bonchev–Trinajstić information content (AvgIpc) is 2.49. The lowest BCUT2D eigenvalue weighted by Crippen LogP contribution is -2.14. The summed E-state index contributed by atoms with van der Waals surface area (Å²) < 4.78 is 1.11. The number of para-hydroxylation sites is 1. The van der Waals surface area contributed by atoms with E-state index in [1.54, 1.807) is 6.07 Å². The van der Waals surface area contributed by atoms with Crippen LogP contribution >= 0.6 is 22.6 Å². The van der Waals surface area contributed by atoms with Gasteiger partial charge in [0.2, 0.25) is 0 Å². The Morgan fingerprint density at radius 1 is 1.10 bits per heavy atom. The molecule has 0 unspecified atom stereocenters. The number of aromatic nitrogens is 1. The maximum Gasteiger partial charge on any atom is 0.274 e. The number of nitrogens with one attached hydrogen (secondary N) is 1. The number of fused-ring (bicyclic) bond motifs is 1. The Labute approximate surface area is 135 Å². The van der Waals surface area contributed by atoms with Crippen LogP contribution in [0.25, 0.3) is 10.9 Å². The minimum Gasteiger partial charge on any atom is -0.398 e. The highest BCUT2D eigenvalue weighted by Gasteiger charge is 2.11. The molecular weight excluding hydrogens is 377 g/mol. The first-order valence-electron chi connectivity index (χ1n) is 6.36. The van der Waals surface area contributed by atoms with Crippen LogP contribution in [0.15, 0.2) is 54.6 Å². The Morgan fingerprint density at radius 2 is 1.81 bits per heavy atom. The molecule has 0 atom stereocenters. The highest BCUT2D eigenvalue weighted by molar-refractivity contribution is 14.1. The quantitative estimate of drug-likeness (QED) is 0.658. The maximum absolute atomic E-state index is 12.3. The molecule has 3 aromatic rings. The summed E-state index contributed by atoms with van der Waals surface area (Å²) in [6.07, 6.45) is 0. The Balaban J connectivity index is 1.92. The second-order valence-electron chi connectivity index (χ2n) is 4.57. The standard InChI is InChI=1S/C16H12IN3O/c17-10-5-7-11(8-6-10)19-16(21)15-9-13(18)12-3-1-2-4-14(12)20-15/h1-9H,(H2,18,20)(H,19,21). The number of hydrogen-bond acceptors (Lipinski definition) is 3. The van der Waals surface area contributed by atoms with Gasteiger partial charge in [0.1, 0.15) is 5.69 Å². The zero-order chi connectivity index (χ0) is 14.8. The molecule has 5 heteroatoms. The molecular formula is C16H12IN3O. The SMILES string of the molecule is Nc1cc(C(=O)Nc2ccc(I)cc2)nc2ccccc12. The molecule has 1 amide bonds. The van der Waals surface area contributed by atoms with Gasteiger partial charge in [0.25, 0.3) is 5.91 Å². The molecule has 0 spiro atoms. The van der Waals surface area contributed by atoms with E-state index < -0.39 is 0 Å². The minimum atomic E-state index is -0.270. The van der Waals surface area contributed by atoms with Crippen LogP contribution in [0.4, 0.5) is 11.4 Å². The summed E-state index contributed by atoms with van der Waals surface area (Å²) in [6.45, 7) is 0. The predicted molar refractivity (Wildman–Crippen MR) is 93.3 cm³/mol. The van der Waals surface area contributed by atoms with Crippen LogP contribution < -0.4 is 11.1 Å². The summed E-state index contributed by atoms with van der Waals surface area (Å²) in [7, 11) is 0. The minimum absolute atomic E-state index is 0.270. The zero-order valence-corrected chi connectivity index (χ0v) is 13.2. The third-order valence-electron chi connectivity index (χ3n) is 3.08. The van der Waals surface area contributed by atoms with Crippen molar-refractivity contribution in [3.05, 3.63) is 63.9 Å². The molecule has 1 aromatic heterocycles. The number of pyridine rings is 1. The molecule has 0 aliphatic carbocycles. The van der Waals surface area contributed by atoms with Crippen LogP contribution in [0.2, 0.25) is 0 Å². The van der Waals surface area contributed by atoms with Crippen molar-refractivity contribution < 1.29 is 4.79 Å². The second kappa shape index (κ2) is 5.69. The molecule has 2 aromatic carbocycles. The van der Waals surface area contributed by atoms with Gasteiger partial charge >= 0.3 is 0 Å². The van der Waals surface area contributed by atoms with Crippen molar-refractivity contribution in [2.45, 2.75) is 0 Å². The van der Waals surface area contributed by atoms with Crippen molar-refractivity contribution >= 4 is 50.8 Å². The van der Waals surface area contributed by atoms with E-state index in [4.69, 9.17) is 5.73 Å². The number of rotatable bonds is 2. The number of anilines is 2. The molecule has 0 radical (unpaired) electrons. The first-order valence-corrected chi connectivity index (χ1v) is 7.43. The van der Waals surface area contributed by atoms with Gasteiger partial charge in [-0.2, -0.15) is 0 Å². The lowest BCUT2D eigenvalue weighted by molar-refractivity contribution is 0.102. The lowest BCUT2D eigenvalue weighted by atomic mass is 10.1. The third-order valence-corrected chi connectivity index (χ3v) is 3.80. The van der Waals surface area contributed by atoms with Crippen LogP contribution in [0, 0.1) is 3.57 Å². The number of halogens is 1. The molecule has 0 saturated carbocycles. The normalized spacial score (nSPS) is 10.5. The first kappa shape index (κ1) is 13.8. The first-order chi connectivity index (χ1) is 10.1. The fourth-order valence-corrected chi connectivity index (χ4v) is 2.41. The monoisotopic (exact) mass is 389 g/mol. The number of nitrogen functional groups attached to an aromatic ring is 1. The number of amides is 1. The molecule has 0 aliphatic heterocycles. The van der Waals surface area contributed by atoms with E-state index in [-0.39, 0.29) is 5.91 Å². The molecule has 3 rings (SSSR count). The van der Waals surface area contributed by atoms with Gasteiger partial charge in [-0.3, -0.25) is 4.79 Å². The Bertz CT molecular complexity index is 815. The highest BCUT2D eigenvalue weighted by Crippen LogP contribution is 2.21. The molecule has 0 bridgehead atoms. The van der Waals surface area contributed by atoms with E-state index in [0.717, 1.165) is 14.6 Å². The third kappa shape index (κ3) is 2.97. The number of nitrogens with two attached hydrogens (primary N) is 1. The molecule has 21 heavy (non-hydrogen) atoms. The molecule has 4 nitrogen and oxygen atoms in total. The molecule has 0 aliphatic rings. The van der Waals surface area contributed by atoms with E-state index in [0.29, 0.717) is 16.9 Å². The fourth-order valence-electron chi connectivity index (χ4n) is 2.05. The lowest BCUT2D eigenvalue weighted by Gasteiger charge is -2.07. The van der Waals surface area contributed by atoms with Gasteiger partial charge in [-0.1, -0.05) is 18.2 Å². The zero-order valence-electron chi connectivity index (χ0n) is 11.0. The van der Waals surface area contributed by atoms with E-state index in [9.17, 15) is 4.79 Å². The molecule has 0 saturated heterocycles. The smallest absolute Gasteiger partial charge is 0.274 e. The Hall–Kier alpha value is -2.15. The van der Waals surface area contributed by atoms with E-state index in [2.05, 4.69) is 32.9 Å². The largest absolute Gasteiger partial charge is 0.398 e. The molecule has 3 N–H and O–H groups in total. The van der Waals surface area contributed by atoms with Crippen LogP contribution in [0.5, 0.6) is 0 Å². The van der Waals surface area contributed by atoms with Gasteiger partial charge in [-0.25, -0.2) is 4.98 Å². The van der Waals surface area contributed by atoms with Crippen molar-refractivity contribution in [1.82, 2.24) is 4.98 Å². The van der Waals surface area contributed by atoms with Crippen LogP contribution in [0.3, 0.4) is 0 Å². The Kier molecular flexibility index (Phi) is 3.74. The topological polar surface area (TPSA) is 68.0 Å². The number of benzene rings is 2. The van der Waals surface area contributed by atoms with Crippen molar-refractivity contribution in [2.75, 3.05) is 11.1 Å². The van der Waals surface area contributed by atoms with Crippen molar-refractivity contribution in [2.24, 2.45) is 0 Å². The van der Waals surface area contributed by atoms with E-state index >= 15 is 0 Å². The average molecular weight is 389 g/mol. The van der Waals surface area contributed by atoms with Crippen LogP contribution in [-0.2, 0) is 0 Å². The molecule has 1 heterocycles. The summed E-state index contributed by atoms with van der Waals surface area (Å²) in [5.74, 6) is -0.270. The summed E-state index contributed by atoms with van der Waals surface area (Å²) >= 11 is 2.21. The maximum atomic E-state index is 12.3. The van der Waals surface area contributed by atoms with Crippen LogP contribution in [-0.4, -0.2) is 10.9 Å². The van der Waals surface area contributed by atoms with E-state index in [1.165, 1.54) is 0 Å². The molecule has 104 valence electrons. The van der Waals surface area contributed by atoms with Gasteiger partial charge in [0, 0.05) is 20.3 Å². The second-order valence-corrected chi connectivity index (χ2v) is 5.82. The van der Waals surface area contributed by atoms with Crippen molar-refractivity contribution in [1.29, 1.82) is 0 Å². The van der Waals surface area contributed by atoms with Gasteiger partial charge in [-0.05, 0) is 59.0 Å².